The first-order chi connectivity index (χ1) is 7.99. The topological polar surface area (TPSA) is 21.3 Å². The van der Waals surface area contributed by atoms with Crippen LogP contribution < -0.4 is 10.1 Å². The average molecular weight is 247 g/mol. The van der Waals surface area contributed by atoms with Gasteiger partial charge < -0.3 is 10.1 Å². The Morgan fingerprint density at radius 1 is 1.24 bits per heavy atom. The van der Waals surface area contributed by atoms with Crippen LogP contribution in [0.4, 0.5) is 13.2 Å². The van der Waals surface area contributed by atoms with Crippen molar-refractivity contribution in [3.8, 4) is 5.75 Å². The first-order valence-corrected chi connectivity index (χ1v) is 5.45. The quantitative estimate of drug-likeness (QED) is 0.862. The van der Waals surface area contributed by atoms with Crippen LogP contribution >= 0.6 is 0 Å². The summed E-state index contributed by atoms with van der Waals surface area (Å²) in [5, 5.41) is 2.26. The lowest BCUT2D eigenvalue weighted by atomic mass is 10.1. The molecule has 0 aromatic heterocycles. The molecule has 2 nitrogen and oxygen atoms in total. The fourth-order valence-corrected chi connectivity index (χ4v) is 1.50. The third-order valence-corrected chi connectivity index (χ3v) is 2.30. The first kappa shape index (κ1) is 13.8. The fraction of sp³-hybridized carbons (Fsp3) is 0.500. The molecule has 0 saturated carbocycles. The van der Waals surface area contributed by atoms with Crippen LogP contribution in [0, 0.1) is 0 Å². The largest absolute Gasteiger partial charge is 0.494 e. The maximum atomic E-state index is 12.6. The van der Waals surface area contributed by atoms with E-state index in [1.54, 1.807) is 12.1 Å². The fourth-order valence-electron chi connectivity index (χ4n) is 1.50. The third kappa shape index (κ3) is 3.93. The number of hydrogen-bond donors (Lipinski definition) is 1. The highest BCUT2D eigenvalue weighted by Crippen LogP contribution is 2.32. The highest BCUT2D eigenvalue weighted by Gasteiger charge is 2.39. The highest BCUT2D eigenvalue weighted by molar-refractivity contribution is 5.29. The van der Waals surface area contributed by atoms with Crippen molar-refractivity contribution in [3.05, 3.63) is 29.8 Å². The van der Waals surface area contributed by atoms with Crippen LogP contribution in [0.3, 0.4) is 0 Å². The zero-order chi connectivity index (χ0) is 12.9. The van der Waals surface area contributed by atoms with Crippen LogP contribution in [0.1, 0.15) is 24.9 Å². The summed E-state index contributed by atoms with van der Waals surface area (Å²) in [5.74, 6) is 0.590. The van der Waals surface area contributed by atoms with Crippen molar-refractivity contribution < 1.29 is 17.9 Å². The lowest BCUT2D eigenvalue weighted by molar-refractivity contribution is -0.156. The Morgan fingerprint density at radius 2 is 1.82 bits per heavy atom. The van der Waals surface area contributed by atoms with E-state index in [-0.39, 0.29) is 5.56 Å². The van der Waals surface area contributed by atoms with Crippen molar-refractivity contribution in [2.24, 2.45) is 0 Å². The summed E-state index contributed by atoms with van der Waals surface area (Å²) in [6.45, 7) is 2.53. The van der Waals surface area contributed by atoms with Gasteiger partial charge in [-0.05, 0) is 31.2 Å². The summed E-state index contributed by atoms with van der Waals surface area (Å²) in [6.07, 6.45) is -3.43. The normalized spacial score (nSPS) is 13.5. The summed E-state index contributed by atoms with van der Waals surface area (Å²) in [4.78, 5) is 0. The van der Waals surface area contributed by atoms with Crippen LogP contribution in [0.15, 0.2) is 24.3 Å². The summed E-state index contributed by atoms with van der Waals surface area (Å²) < 4.78 is 43.2. The van der Waals surface area contributed by atoms with Gasteiger partial charge in [0.15, 0.2) is 0 Å². The van der Waals surface area contributed by atoms with Gasteiger partial charge in [0.25, 0.3) is 0 Å². The molecule has 1 unspecified atom stereocenters. The minimum absolute atomic E-state index is 0.184. The molecule has 0 saturated heterocycles. The van der Waals surface area contributed by atoms with Crippen LogP contribution in [-0.4, -0.2) is 19.8 Å². The van der Waals surface area contributed by atoms with Crippen LogP contribution in [0.5, 0.6) is 5.75 Å². The highest BCUT2D eigenvalue weighted by atomic mass is 19.4. The number of halogens is 3. The zero-order valence-electron chi connectivity index (χ0n) is 9.84. The molecule has 0 aliphatic carbocycles. The molecule has 1 rings (SSSR count). The molecule has 96 valence electrons. The molecule has 0 spiro atoms. The summed E-state index contributed by atoms with van der Waals surface area (Å²) in [5.41, 5.74) is 0.184. The van der Waals surface area contributed by atoms with Crippen molar-refractivity contribution in [1.82, 2.24) is 5.32 Å². The van der Waals surface area contributed by atoms with Gasteiger partial charge in [-0.25, -0.2) is 0 Å². The Labute approximate surface area is 98.8 Å². The molecule has 0 amide bonds. The van der Waals surface area contributed by atoms with Crippen LogP contribution in [0.25, 0.3) is 0 Å². The maximum Gasteiger partial charge on any atom is 0.407 e. The standard InChI is InChI=1S/C12H16F3NO/c1-3-8-17-10-6-4-9(5-7-10)11(16-2)12(13,14)15/h4-7,11,16H,3,8H2,1-2H3. The SMILES string of the molecule is CCCOc1ccc(C(NC)C(F)(F)F)cc1. The van der Waals surface area contributed by atoms with E-state index >= 15 is 0 Å². The van der Waals surface area contributed by atoms with Gasteiger partial charge in [-0.3, -0.25) is 0 Å². The predicted molar refractivity (Wildman–Crippen MR) is 60.1 cm³/mol. The molecule has 0 aliphatic rings. The number of benzene rings is 1. The Morgan fingerprint density at radius 3 is 2.24 bits per heavy atom. The number of alkyl halides is 3. The molecule has 1 N–H and O–H groups in total. The van der Waals surface area contributed by atoms with E-state index in [9.17, 15) is 13.2 Å². The van der Waals surface area contributed by atoms with Crippen molar-refractivity contribution in [3.63, 3.8) is 0 Å². The minimum Gasteiger partial charge on any atom is -0.494 e. The molecule has 0 bridgehead atoms. The van der Waals surface area contributed by atoms with E-state index in [0.717, 1.165) is 6.42 Å². The molecule has 5 heteroatoms. The minimum atomic E-state index is -4.29. The molecule has 1 aromatic rings. The predicted octanol–water partition coefficient (Wildman–Crippen LogP) is 3.30. The molecule has 0 aliphatic heterocycles. The van der Waals surface area contributed by atoms with Gasteiger partial charge in [0.2, 0.25) is 0 Å². The van der Waals surface area contributed by atoms with Crippen LogP contribution in [0.2, 0.25) is 0 Å². The van der Waals surface area contributed by atoms with Crippen molar-refractivity contribution >= 4 is 0 Å². The lowest BCUT2D eigenvalue weighted by Crippen LogP contribution is -2.31. The molecular weight excluding hydrogens is 231 g/mol. The summed E-state index contributed by atoms with van der Waals surface area (Å²) >= 11 is 0. The van der Waals surface area contributed by atoms with Gasteiger partial charge >= 0.3 is 6.18 Å². The van der Waals surface area contributed by atoms with Gasteiger partial charge in [-0.15, -0.1) is 0 Å². The lowest BCUT2D eigenvalue weighted by Gasteiger charge is -2.20. The molecule has 0 fully saturated rings. The van der Waals surface area contributed by atoms with E-state index in [1.807, 2.05) is 6.92 Å². The number of rotatable bonds is 5. The average Bonchev–Trinajstić information content (AvgIpc) is 2.27. The third-order valence-electron chi connectivity index (χ3n) is 2.30. The second-order valence-corrected chi connectivity index (χ2v) is 3.68. The van der Waals surface area contributed by atoms with Crippen molar-refractivity contribution in [1.29, 1.82) is 0 Å². The van der Waals surface area contributed by atoms with Crippen molar-refractivity contribution in [2.45, 2.75) is 25.6 Å². The Balaban J connectivity index is 2.78. The smallest absolute Gasteiger partial charge is 0.407 e. The zero-order valence-corrected chi connectivity index (χ0v) is 9.84. The van der Waals surface area contributed by atoms with E-state index in [0.29, 0.717) is 12.4 Å². The van der Waals surface area contributed by atoms with E-state index in [2.05, 4.69) is 5.32 Å². The van der Waals surface area contributed by atoms with Crippen LogP contribution in [-0.2, 0) is 0 Å². The Bertz CT molecular complexity index is 335. The van der Waals surface area contributed by atoms with E-state index < -0.39 is 12.2 Å². The number of nitrogens with one attached hydrogen (secondary N) is 1. The van der Waals surface area contributed by atoms with Gasteiger partial charge in [0.05, 0.1) is 6.61 Å². The number of ether oxygens (including phenoxy) is 1. The second kappa shape index (κ2) is 5.91. The van der Waals surface area contributed by atoms with E-state index in [4.69, 9.17) is 4.74 Å². The van der Waals surface area contributed by atoms with Crippen molar-refractivity contribution in [2.75, 3.05) is 13.7 Å². The second-order valence-electron chi connectivity index (χ2n) is 3.68. The van der Waals surface area contributed by atoms with Gasteiger partial charge in [0, 0.05) is 0 Å². The molecule has 17 heavy (non-hydrogen) atoms. The van der Waals surface area contributed by atoms with Gasteiger partial charge in [0.1, 0.15) is 11.8 Å². The van der Waals surface area contributed by atoms with Gasteiger partial charge in [-0.1, -0.05) is 19.1 Å². The number of hydrogen-bond acceptors (Lipinski definition) is 2. The Hall–Kier alpha value is -1.23. The molecule has 1 atom stereocenters. The van der Waals surface area contributed by atoms with E-state index in [1.165, 1.54) is 19.2 Å². The maximum absolute atomic E-state index is 12.6. The molecule has 0 heterocycles. The Kier molecular flexibility index (Phi) is 4.81. The molecule has 1 aromatic carbocycles. The monoisotopic (exact) mass is 247 g/mol. The van der Waals surface area contributed by atoms with Gasteiger partial charge in [-0.2, -0.15) is 13.2 Å². The summed E-state index contributed by atoms with van der Waals surface area (Å²) in [7, 11) is 1.29. The molecular formula is C12H16F3NO. The summed E-state index contributed by atoms with van der Waals surface area (Å²) in [6, 6.07) is 4.34. The first-order valence-electron chi connectivity index (χ1n) is 5.45. The molecule has 0 radical (unpaired) electrons.